The second-order valence-corrected chi connectivity index (χ2v) is 7.05. The van der Waals surface area contributed by atoms with Crippen LogP contribution in [0.3, 0.4) is 0 Å². The molecule has 2 unspecified atom stereocenters. The Bertz CT molecular complexity index is 574. The van der Waals surface area contributed by atoms with E-state index in [1.807, 2.05) is 0 Å². The van der Waals surface area contributed by atoms with Gasteiger partial charge in [-0.05, 0) is 18.4 Å². The molecular formula is C11H10ClF3O2S. The lowest BCUT2D eigenvalue weighted by Gasteiger charge is -2.16. The fourth-order valence-corrected chi connectivity index (χ4v) is 4.39. The number of sulfone groups is 1. The Morgan fingerprint density at radius 1 is 1.17 bits per heavy atom. The summed E-state index contributed by atoms with van der Waals surface area (Å²) < 4.78 is 61.9. The maximum Gasteiger partial charge on any atom is 0.161 e. The summed E-state index contributed by atoms with van der Waals surface area (Å²) in [6.45, 7) is 0. The molecule has 7 heteroatoms. The van der Waals surface area contributed by atoms with Gasteiger partial charge in [0, 0.05) is 11.6 Å². The minimum atomic E-state index is -3.15. The topological polar surface area (TPSA) is 34.1 Å². The van der Waals surface area contributed by atoms with Gasteiger partial charge in [0.25, 0.3) is 0 Å². The third-order valence-corrected chi connectivity index (χ3v) is 5.40. The zero-order valence-electron chi connectivity index (χ0n) is 9.17. The Kier molecular flexibility index (Phi) is 3.60. The van der Waals surface area contributed by atoms with Gasteiger partial charge in [0.15, 0.2) is 21.5 Å². The fraction of sp³-hybridized carbons (Fsp3) is 0.455. The first-order valence-electron chi connectivity index (χ1n) is 5.29. The quantitative estimate of drug-likeness (QED) is 0.621. The van der Waals surface area contributed by atoms with E-state index in [1.165, 1.54) is 0 Å². The van der Waals surface area contributed by atoms with Gasteiger partial charge in [-0.1, -0.05) is 0 Å². The van der Waals surface area contributed by atoms with Gasteiger partial charge < -0.3 is 0 Å². The lowest BCUT2D eigenvalue weighted by Crippen LogP contribution is -2.12. The normalized spacial score (nSPS) is 24.1. The fourth-order valence-electron chi connectivity index (χ4n) is 2.06. The van der Waals surface area contributed by atoms with E-state index in [4.69, 9.17) is 11.6 Å². The average Bonchev–Trinajstić information content (AvgIpc) is 2.63. The minimum absolute atomic E-state index is 0.00776. The van der Waals surface area contributed by atoms with Crippen molar-refractivity contribution in [2.45, 2.75) is 11.8 Å². The molecule has 18 heavy (non-hydrogen) atoms. The largest absolute Gasteiger partial charge is 0.229 e. The van der Waals surface area contributed by atoms with Gasteiger partial charge in [-0.25, -0.2) is 21.6 Å². The molecular weight excluding hydrogens is 289 g/mol. The second-order valence-electron chi connectivity index (χ2n) is 4.35. The molecule has 0 bridgehead atoms. The SMILES string of the molecule is O=S1(=O)CCC(C(Cl)c2cc(F)c(F)cc2F)C1. The Labute approximate surface area is 108 Å². The van der Waals surface area contributed by atoms with Crippen LogP contribution in [0.15, 0.2) is 12.1 Å². The van der Waals surface area contributed by atoms with Gasteiger partial charge in [-0.2, -0.15) is 0 Å². The molecule has 1 aromatic carbocycles. The van der Waals surface area contributed by atoms with Crippen molar-refractivity contribution in [1.29, 1.82) is 0 Å². The molecule has 0 radical (unpaired) electrons. The molecule has 0 N–H and O–H groups in total. The molecule has 1 heterocycles. The van der Waals surface area contributed by atoms with Gasteiger partial charge in [-0.3, -0.25) is 0 Å². The van der Waals surface area contributed by atoms with E-state index in [9.17, 15) is 21.6 Å². The predicted molar refractivity (Wildman–Crippen MR) is 61.7 cm³/mol. The second kappa shape index (κ2) is 4.74. The summed E-state index contributed by atoms with van der Waals surface area (Å²) in [5.41, 5.74) is -0.197. The van der Waals surface area contributed by atoms with Crippen LogP contribution in [0, 0.1) is 23.4 Å². The predicted octanol–water partition coefficient (Wildman–Crippen LogP) is 2.82. The summed E-state index contributed by atoms with van der Waals surface area (Å²) in [5, 5.41) is -0.975. The molecule has 1 saturated heterocycles. The highest BCUT2D eigenvalue weighted by atomic mass is 35.5. The summed E-state index contributed by atoms with van der Waals surface area (Å²) in [4.78, 5) is 0. The van der Waals surface area contributed by atoms with Gasteiger partial charge in [0.2, 0.25) is 0 Å². The number of alkyl halides is 1. The molecule has 0 aromatic heterocycles. The smallest absolute Gasteiger partial charge is 0.161 e. The molecule has 100 valence electrons. The van der Waals surface area contributed by atoms with Gasteiger partial charge in [0.1, 0.15) is 5.82 Å². The highest BCUT2D eigenvalue weighted by molar-refractivity contribution is 7.91. The molecule has 2 nitrogen and oxygen atoms in total. The molecule has 2 rings (SSSR count). The van der Waals surface area contributed by atoms with Gasteiger partial charge in [-0.15, -0.1) is 11.6 Å². The number of hydrogen-bond donors (Lipinski definition) is 0. The van der Waals surface area contributed by atoms with Crippen LogP contribution in [0.2, 0.25) is 0 Å². The highest BCUT2D eigenvalue weighted by Gasteiger charge is 2.35. The zero-order valence-corrected chi connectivity index (χ0v) is 10.7. The Morgan fingerprint density at radius 3 is 2.33 bits per heavy atom. The van der Waals surface area contributed by atoms with Crippen LogP contribution in [0.25, 0.3) is 0 Å². The lowest BCUT2D eigenvalue weighted by molar-refractivity contribution is 0.479. The Balaban J connectivity index is 2.30. The minimum Gasteiger partial charge on any atom is -0.229 e. The average molecular weight is 299 g/mol. The van der Waals surface area contributed by atoms with Crippen molar-refractivity contribution in [3.8, 4) is 0 Å². The number of benzene rings is 1. The van der Waals surface area contributed by atoms with E-state index in [2.05, 4.69) is 0 Å². The van der Waals surface area contributed by atoms with Gasteiger partial charge >= 0.3 is 0 Å². The van der Waals surface area contributed by atoms with E-state index in [0.717, 1.165) is 0 Å². The molecule has 0 saturated carbocycles. The van der Waals surface area contributed by atoms with Crippen LogP contribution in [0.5, 0.6) is 0 Å². The Hall–Kier alpha value is -0.750. The van der Waals surface area contributed by atoms with Crippen molar-refractivity contribution in [1.82, 2.24) is 0 Å². The molecule has 0 spiro atoms. The highest BCUT2D eigenvalue weighted by Crippen LogP contribution is 2.37. The third-order valence-electron chi connectivity index (χ3n) is 3.02. The maximum absolute atomic E-state index is 13.5. The van der Waals surface area contributed by atoms with E-state index in [-0.39, 0.29) is 17.1 Å². The van der Waals surface area contributed by atoms with Crippen molar-refractivity contribution in [3.05, 3.63) is 35.1 Å². The van der Waals surface area contributed by atoms with Crippen molar-refractivity contribution in [2.24, 2.45) is 5.92 Å². The van der Waals surface area contributed by atoms with Crippen LogP contribution in [0.1, 0.15) is 17.4 Å². The van der Waals surface area contributed by atoms with Gasteiger partial charge in [0.05, 0.1) is 16.9 Å². The van der Waals surface area contributed by atoms with Crippen molar-refractivity contribution in [2.75, 3.05) is 11.5 Å². The van der Waals surface area contributed by atoms with Crippen LogP contribution < -0.4 is 0 Å². The van der Waals surface area contributed by atoms with Crippen LogP contribution in [0.4, 0.5) is 13.2 Å². The summed E-state index contributed by atoms with van der Waals surface area (Å²) in [6.07, 6.45) is 0.301. The lowest BCUT2D eigenvalue weighted by atomic mass is 9.97. The molecule has 1 aliphatic heterocycles. The first-order chi connectivity index (χ1) is 8.30. The molecule has 0 amide bonds. The Morgan fingerprint density at radius 2 is 1.78 bits per heavy atom. The van der Waals surface area contributed by atoms with E-state index >= 15 is 0 Å². The van der Waals surface area contributed by atoms with Crippen molar-refractivity contribution < 1.29 is 21.6 Å². The maximum atomic E-state index is 13.5. The molecule has 1 aliphatic rings. The summed E-state index contributed by atoms with van der Waals surface area (Å²) in [5.74, 6) is -4.09. The number of halogens is 4. The molecule has 0 aliphatic carbocycles. The summed E-state index contributed by atoms with van der Waals surface area (Å²) in [6, 6.07) is 1.11. The number of rotatable bonds is 2. The first kappa shape index (κ1) is 13.7. The van der Waals surface area contributed by atoms with Crippen molar-refractivity contribution >= 4 is 21.4 Å². The molecule has 1 aromatic rings. The molecule has 2 atom stereocenters. The standard InChI is InChI=1S/C11H10ClF3O2S/c12-11(6-1-2-18(16,17)5-6)7-3-9(14)10(15)4-8(7)13/h3-4,6,11H,1-2,5H2. The summed E-state index contributed by atoms with van der Waals surface area (Å²) >= 11 is 5.98. The zero-order chi connectivity index (χ0) is 13.5. The third kappa shape index (κ3) is 2.64. The van der Waals surface area contributed by atoms with E-state index in [1.54, 1.807) is 0 Å². The summed E-state index contributed by atoms with van der Waals surface area (Å²) in [7, 11) is -3.15. The van der Waals surface area contributed by atoms with E-state index < -0.39 is 38.6 Å². The molecule has 1 fully saturated rings. The van der Waals surface area contributed by atoms with E-state index in [0.29, 0.717) is 18.6 Å². The number of hydrogen-bond acceptors (Lipinski definition) is 2. The first-order valence-corrected chi connectivity index (χ1v) is 7.55. The van der Waals surface area contributed by atoms with Crippen LogP contribution in [-0.2, 0) is 9.84 Å². The van der Waals surface area contributed by atoms with Crippen molar-refractivity contribution in [3.63, 3.8) is 0 Å². The monoisotopic (exact) mass is 298 g/mol. The van der Waals surface area contributed by atoms with Crippen LogP contribution >= 0.6 is 11.6 Å². The van der Waals surface area contributed by atoms with Crippen LogP contribution in [-0.4, -0.2) is 19.9 Å².